The normalized spacial score (nSPS) is 17.3. The molecule has 0 bridgehead atoms. The van der Waals surface area contributed by atoms with Gasteiger partial charge in [-0.05, 0) is 42.8 Å². The Kier molecular flexibility index (Phi) is 7.86. The summed E-state index contributed by atoms with van der Waals surface area (Å²) in [5.74, 6) is -0.254. The standard InChI is InChI=1S/C20H21F3N2O2.ClH/c21-20(22,23)16-6-8-17(9-7-16)25-13-18(27-14-19(25)26)12-24-11-10-15-4-2-1-3-5-15;/h1-9,18,24H,10-14H2;1H. The first-order chi connectivity index (χ1) is 12.9. The molecule has 0 aliphatic carbocycles. The number of amides is 1. The molecule has 0 radical (unpaired) electrons. The second kappa shape index (κ2) is 9.91. The second-order valence-corrected chi connectivity index (χ2v) is 6.42. The van der Waals surface area contributed by atoms with Crippen molar-refractivity contribution >= 4 is 24.0 Å². The molecule has 2 aromatic rings. The van der Waals surface area contributed by atoms with Crippen molar-refractivity contribution in [2.24, 2.45) is 0 Å². The Morgan fingerprint density at radius 3 is 2.39 bits per heavy atom. The number of hydrogen-bond acceptors (Lipinski definition) is 3. The third-order valence-electron chi connectivity index (χ3n) is 4.44. The maximum atomic E-state index is 12.7. The van der Waals surface area contributed by atoms with Gasteiger partial charge in [0.25, 0.3) is 5.91 Å². The third-order valence-corrected chi connectivity index (χ3v) is 4.44. The summed E-state index contributed by atoms with van der Waals surface area (Å²) in [7, 11) is 0. The molecule has 1 saturated heterocycles. The highest BCUT2D eigenvalue weighted by Gasteiger charge is 2.31. The number of nitrogens with zero attached hydrogens (tertiary/aromatic N) is 1. The van der Waals surface area contributed by atoms with Crippen LogP contribution in [0.3, 0.4) is 0 Å². The molecule has 28 heavy (non-hydrogen) atoms. The zero-order valence-corrected chi connectivity index (χ0v) is 15.9. The van der Waals surface area contributed by atoms with Gasteiger partial charge >= 0.3 is 6.18 Å². The minimum atomic E-state index is -4.39. The SMILES string of the molecule is Cl.O=C1COC(CNCCc2ccccc2)CN1c1ccc(C(F)(F)F)cc1. The number of hydrogen-bond donors (Lipinski definition) is 1. The number of anilines is 1. The van der Waals surface area contributed by atoms with Crippen molar-refractivity contribution in [3.05, 3.63) is 65.7 Å². The van der Waals surface area contributed by atoms with Gasteiger partial charge < -0.3 is 15.0 Å². The van der Waals surface area contributed by atoms with Crippen LogP contribution < -0.4 is 10.2 Å². The molecule has 4 nitrogen and oxygen atoms in total. The largest absolute Gasteiger partial charge is 0.416 e. The lowest BCUT2D eigenvalue weighted by atomic mass is 10.1. The number of halogens is 4. The summed E-state index contributed by atoms with van der Waals surface area (Å²) < 4.78 is 43.6. The van der Waals surface area contributed by atoms with E-state index in [0.29, 0.717) is 18.8 Å². The van der Waals surface area contributed by atoms with Crippen LogP contribution in [-0.2, 0) is 22.1 Å². The van der Waals surface area contributed by atoms with E-state index in [4.69, 9.17) is 4.74 Å². The summed E-state index contributed by atoms with van der Waals surface area (Å²) in [5, 5.41) is 3.31. The van der Waals surface area contributed by atoms with Gasteiger partial charge in [0.05, 0.1) is 18.2 Å². The van der Waals surface area contributed by atoms with Crippen molar-refractivity contribution in [3.8, 4) is 0 Å². The predicted molar refractivity (Wildman–Crippen MR) is 104 cm³/mol. The lowest BCUT2D eigenvalue weighted by Gasteiger charge is -2.33. The van der Waals surface area contributed by atoms with Gasteiger partial charge in [0.15, 0.2) is 0 Å². The highest BCUT2D eigenvalue weighted by Crippen LogP contribution is 2.31. The number of rotatable bonds is 6. The van der Waals surface area contributed by atoms with Crippen LogP contribution in [0.25, 0.3) is 0 Å². The molecule has 1 amide bonds. The van der Waals surface area contributed by atoms with E-state index in [9.17, 15) is 18.0 Å². The lowest BCUT2D eigenvalue weighted by molar-refractivity contribution is -0.137. The summed E-state index contributed by atoms with van der Waals surface area (Å²) in [4.78, 5) is 13.6. The molecule has 0 aromatic heterocycles. The van der Waals surface area contributed by atoms with E-state index in [1.54, 1.807) is 0 Å². The minimum Gasteiger partial charge on any atom is -0.365 e. The highest BCUT2D eigenvalue weighted by atomic mass is 35.5. The average molecular weight is 415 g/mol. The Labute approximate surface area is 168 Å². The smallest absolute Gasteiger partial charge is 0.365 e. The Balaban J connectivity index is 0.00000280. The molecule has 1 unspecified atom stereocenters. The number of nitrogens with one attached hydrogen (secondary N) is 1. The molecular weight excluding hydrogens is 393 g/mol. The quantitative estimate of drug-likeness (QED) is 0.733. The van der Waals surface area contributed by atoms with Gasteiger partial charge in [-0.15, -0.1) is 12.4 Å². The fourth-order valence-electron chi connectivity index (χ4n) is 2.97. The van der Waals surface area contributed by atoms with E-state index in [1.165, 1.54) is 22.6 Å². The fourth-order valence-corrected chi connectivity index (χ4v) is 2.97. The van der Waals surface area contributed by atoms with Crippen LogP contribution in [-0.4, -0.2) is 38.3 Å². The number of carbonyl (C=O) groups excluding carboxylic acids is 1. The molecule has 0 saturated carbocycles. The van der Waals surface area contributed by atoms with E-state index in [2.05, 4.69) is 17.4 Å². The molecule has 3 rings (SSSR count). The van der Waals surface area contributed by atoms with Crippen LogP contribution in [0.5, 0.6) is 0 Å². The molecule has 1 atom stereocenters. The minimum absolute atomic E-state index is 0. The van der Waals surface area contributed by atoms with Gasteiger partial charge in [0, 0.05) is 12.2 Å². The Morgan fingerprint density at radius 1 is 1.07 bits per heavy atom. The third kappa shape index (κ3) is 5.95. The zero-order chi connectivity index (χ0) is 19.3. The van der Waals surface area contributed by atoms with Gasteiger partial charge in [-0.3, -0.25) is 4.79 Å². The van der Waals surface area contributed by atoms with Crippen LogP contribution >= 0.6 is 12.4 Å². The maximum Gasteiger partial charge on any atom is 0.416 e. The molecule has 1 heterocycles. The average Bonchev–Trinajstić information content (AvgIpc) is 2.67. The summed E-state index contributed by atoms with van der Waals surface area (Å²) in [6, 6.07) is 14.7. The number of benzene rings is 2. The second-order valence-electron chi connectivity index (χ2n) is 6.42. The number of carbonyl (C=O) groups is 1. The van der Waals surface area contributed by atoms with Gasteiger partial charge in [0.2, 0.25) is 0 Å². The van der Waals surface area contributed by atoms with Crippen LogP contribution in [0.4, 0.5) is 18.9 Å². The maximum absolute atomic E-state index is 12.7. The molecule has 0 spiro atoms. The molecular formula is C20H22ClF3N2O2. The Hall–Kier alpha value is -2.09. The van der Waals surface area contributed by atoms with E-state index < -0.39 is 11.7 Å². The first-order valence-electron chi connectivity index (χ1n) is 8.77. The summed E-state index contributed by atoms with van der Waals surface area (Å²) in [5.41, 5.74) is 0.952. The molecule has 152 valence electrons. The molecule has 2 aromatic carbocycles. The molecule has 1 aliphatic rings. The molecule has 8 heteroatoms. The number of ether oxygens (including phenoxy) is 1. The molecule has 1 aliphatic heterocycles. The van der Waals surface area contributed by atoms with E-state index in [0.717, 1.165) is 25.1 Å². The lowest BCUT2D eigenvalue weighted by Crippen LogP contribution is -2.50. The van der Waals surface area contributed by atoms with Crippen LogP contribution in [0.2, 0.25) is 0 Å². The van der Waals surface area contributed by atoms with Crippen molar-refractivity contribution in [1.82, 2.24) is 5.32 Å². The van der Waals surface area contributed by atoms with Crippen LogP contribution in [0.15, 0.2) is 54.6 Å². The van der Waals surface area contributed by atoms with Gasteiger partial charge in [-0.2, -0.15) is 13.2 Å². The highest BCUT2D eigenvalue weighted by molar-refractivity contribution is 5.95. The van der Waals surface area contributed by atoms with Crippen LogP contribution in [0, 0.1) is 0 Å². The topological polar surface area (TPSA) is 41.6 Å². The van der Waals surface area contributed by atoms with Gasteiger partial charge in [0.1, 0.15) is 6.61 Å². The summed E-state index contributed by atoms with van der Waals surface area (Å²) in [6.07, 6.45) is -3.71. The summed E-state index contributed by atoms with van der Waals surface area (Å²) >= 11 is 0. The predicted octanol–water partition coefficient (Wildman–Crippen LogP) is 3.69. The number of morpholine rings is 1. The fraction of sp³-hybridized carbons (Fsp3) is 0.350. The van der Waals surface area contributed by atoms with Gasteiger partial charge in [-0.1, -0.05) is 30.3 Å². The molecule has 1 fully saturated rings. The first kappa shape index (κ1) is 22.2. The van der Waals surface area contributed by atoms with Crippen molar-refractivity contribution in [2.75, 3.05) is 31.1 Å². The van der Waals surface area contributed by atoms with Crippen LogP contribution in [0.1, 0.15) is 11.1 Å². The van der Waals surface area contributed by atoms with E-state index >= 15 is 0 Å². The Morgan fingerprint density at radius 2 is 1.75 bits per heavy atom. The van der Waals surface area contributed by atoms with Gasteiger partial charge in [-0.25, -0.2) is 0 Å². The monoisotopic (exact) mass is 414 g/mol. The van der Waals surface area contributed by atoms with E-state index in [-0.39, 0.29) is 31.0 Å². The Bertz CT molecular complexity index is 754. The first-order valence-corrected chi connectivity index (χ1v) is 8.77. The van der Waals surface area contributed by atoms with Crippen molar-refractivity contribution in [2.45, 2.75) is 18.7 Å². The summed E-state index contributed by atoms with van der Waals surface area (Å²) in [6.45, 7) is 1.57. The van der Waals surface area contributed by atoms with Crippen molar-refractivity contribution in [3.63, 3.8) is 0 Å². The van der Waals surface area contributed by atoms with E-state index in [1.807, 2.05) is 18.2 Å². The van der Waals surface area contributed by atoms with Crippen molar-refractivity contribution < 1.29 is 22.7 Å². The van der Waals surface area contributed by atoms with Crippen molar-refractivity contribution in [1.29, 1.82) is 0 Å². The zero-order valence-electron chi connectivity index (χ0n) is 15.1. The molecule has 1 N–H and O–H groups in total. The number of alkyl halides is 3.